The summed E-state index contributed by atoms with van der Waals surface area (Å²) in [4.78, 5) is 22.8. The van der Waals surface area contributed by atoms with Gasteiger partial charge in [-0.2, -0.15) is 0 Å². The van der Waals surface area contributed by atoms with Crippen LogP contribution in [-0.4, -0.2) is 53.4 Å². The van der Waals surface area contributed by atoms with Crippen molar-refractivity contribution in [2.45, 2.75) is 20.8 Å². The summed E-state index contributed by atoms with van der Waals surface area (Å²) in [5.74, 6) is 0.125. The average Bonchev–Trinajstić information content (AvgIpc) is 2.73. The first kappa shape index (κ1) is 18.6. The largest absolute Gasteiger partial charge is 0.336 e. The summed E-state index contributed by atoms with van der Waals surface area (Å²) in [6.45, 7) is 10.8. The van der Waals surface area contributed by atoms with E-state index in [1.807, 2.05) is 36.1 Å². The first-order valence-corrected chi connectivity index (χ1v) is 10.1. The monoisotopic (exact) mass is 373 g/mol. The van der Waals surface area contributed by atoms with Crippen LogP contribution in [0.15, 0.2) is 48.5 Å². The SMILES string of the molecule is CCN1CCN(C(=O)c2c(C)c(-c3ccc(C)cc3)nc3ccccc23)CC1. The molecule has 4 rings (SSSR count). The number of para-hydroxylation sites is 1. The highest BCUT2D eigenvalue weighted by Gasteiger charge is 2.26. The van der Waals surface area contributed by atoms with Gasteiger partial charge in [0.1, 0.15) is 0 Å². The highest BCUT2D eigenvalue weighted by molar-refractivity contribution is 6.08. The smallest absolute Gasteiger partial charge is 0.254 e. The zero-order chi connectivity index (χ0) is 19.7. The molecule has 4 heteroatoms. The third-order valence-corrected chi connectivity index (χ3v) is 5.78. The van der Waals surface area contributed by atoms with Crippen LogP contribution in [0.1, 0.15) is 28.4 Å². The zero-order valence-corrected chi connectivity index (χ0v) is 16.9. The van der Waals surface area contributed by atoms with E-state index in [1.54, 1.807) is 0 Å². The standard InChI is InChI=1S/C24H27N3O/c1-4-26-13-15-27(16-14-26)24(28)22-18(3)23(19-11-9-17(2)10-12-19)25-21-8-6-5-7-20(21)22/h5-12H,4,13-16H2,1-3H3. The highest BCUT2D eigenvalue weighted by Crippen LogP contribution is 2.31. The van der Waals surface area contributed by atoms with Gasteiger partial charge in [-0.25, -0.2) is 4.98 Å². The number of benzene rings is 2. The van der Waals surface area contributed by atoms with Crippen LogP contribution in [-0.2, 0) is 0 Å². The van der Waals surface area contributed by atoms with Crippen LogP contribution in [0.3, 0.4) is 0 Å². The normalized spacial score (nSPS) is 15.2. The number of fused-ring (bicyclic) bond motifs is 1. The van der Waals surface area contributed by atoms with Crippen molar-refractivity contribution in [2.24, 2.45) is 0 Å². The van der Waals surface area contributed by atoms with E-state index in [-0.39, 0.29) is 5.91 Å². The fraction of sp³-hybridized carbons (Fsp3) is 0.333. The van der Waals surface area contributed by atoms with Gasteiger partial charge in [0.25, 0.3) is 5.91 Å². The van der Waals surface area contributed by atoms with E-state index >= 15 is 0 Å². The van der Waals surface area contributed by atoms with Crippen LogP contribution >= 0.6 is 0 Å². The second-order valence-electron chi connectivity index (χ2n) is 7.57. The van der Waals surface area contributed by atoms with Gasteiger partial charge in [-0.05, 0) is 32.0 Å². The summed E-state index contributed by atoms with van der Waals surface area (Å²) in [6, 6.07) is 16.4. The molecule has 0 radical (unpaired) electrons. The second kappa shape index (κ2) is 7.72. The molecule has 0 unspecified atom stereocenters. The molecule has 1 aliphatic rings. The van der Waals surface area contributed by atoms with Gasteiger partial charge in [-0.15, -0.1) is 0 Å². The van der Waals surface area contributed by atoms with Crippen LogP contribution in [0.5, 0.6) is 0 Å². The number of pyridine rings is 1. The third kappa shape index (κ3) is 3.40. The van der Waals surface area contributed by atoms with Crippen LogP contribution in [0.25, 0.3) is 22.2 Å². The van der Waals surface area contributed by atoms with Crippen molar-refractivity contribution < 1.29 is 4.79 Å². The molecule has 1 aliphatic heterocycles. The predicted octanol–water partition coefficient (Wildman–Crippen LogP) is 4.30. The Morgan fingerprint density at radius 2 is 1.64 bits per heavy atom. The molecule has 1 amide bonds. The summed E-state index contributed by atoms with van der Waals surface area (Å²) in [5.41, 5.74) is 5.80. The van der Waals surface area contributed by atoms with Crippen LogP contribution in [0.2, 0.25) is 0 Å². The number of aromatic nitrogens is 1. The molecule has 0 atom stereocenters. The van der Waals surface area contributed by atoms with Crippen molar-refractivity contribution in [3.05, 3.63) is 65.2 Å². The molecule has 0 saturated carbocycles. The Balaban J connectivity index is 1.81. The highest BCUT2D eigenvalue weighted by atomic mass is 16.2. The van der Waals surface area contributed by atoms with Crippen LogP contribution < -0.4 is 0 Å². The molecule has 28 heavy (non-hydrogen) atoms. The molecule has 0 bridgehead atoms. The summed E-state index contributed by atoms with van der Waals surface area (Å²) < 4.78 is 0. The van der Waals surface area contributed by atoms with Crippen molar-refractivity contribution in [3.63, 3.8) is 0 Å². The first-order chi connectivity index (χ1) is 13.6. The van der Waals surface area contributed by atoms with E-state index in [9.17, 15) is 4.79 Å². The molecule has 1 fully saturated rings. The van der Waals surface area contributed by atoms with E-state index in [0.29, 0.717) is 0 Å². The molecule has 144 valence electrons. The molecule has 3 aromatic rings. The number of rotatable bonds is 3. The lowest BCUT2D eigenvalue weighted by Crippen LogP contribution is -2.48. The Hall–Kier alpha value is -2.72. The zero-order valence-electron chi connectivity index (χ0n) is 16.9. The fourth-order valence-corrected chi connectivity index (χ4v) is 4.00. The lowest BCUT2D eigenvalue weighted by Gasteiger charge is -2.34. The van der Waals surface area contributed by atoms with E-state index in [4.69, 9.17) is 4.98 Å². The van der Waals surface area contributed by atoms with Gasteiger partial charge < -0.3 is 9.80 Å². The molecule has 2 aromatic carbocycles. The maximum atomic E-state index is 13.5. The minimum atomic E-state index is 0.125. The third-order valence-electron chi connectivity index (χ3n) is 5.78. The number of nitrogens with zero attached hydrogens (tertiary/aromatic N) is 3. The van der Waals surface area contributed by atoms with Gasteiger partial charge in [-0.3, -0.25) is 4.79 Å². The summed E-state index contributed by atoms with van der Waals surface area (Å²) in [7, 11) is 0. The van der Waals surface area contributed by atoms with Gasteiger partial charge in [0.15, 0.2) is 0 Å². The van der Waals surface area contributed by atoms with Crippen LogP contribution in [0.4, 0.5) is 0 Å². The molecule has 1 aromatic heterocycles. The van der Waals surface area contributed by atoms with Crippen LogP contribution in [0, 0.1) is 13.8 Å². The van der Waals surface area contributed by atoms with Gasteiger partial charge >= 0.3 is 0 Å². The number of hydrogen-bond donors (Lipinski definition) is 0. The van der Waals surface area contributed by atoms with Crippen molar-refractivity contribution in [3.8, 4) is 11.3 Å². The second-order valence-corrected chi connectivity index (χ2v) is 7.57. The molecule has 0 spiro atoms. The number of likely N-dealkylation sites (N-methyl/N-ethyl adjacent to an activating group) is 1. The Kier molecular flexibility index (Phi) is 5.14. The van der Waals surface area contributed by atoms with Gasteiger partial charge in [0.2, 0.25) is 0 Å². The molecule has 1 saturated heterocycles. The van der Waals surface area contributed by atoms with Gasteiger partial charge in [0, 0.05) is 37.1 Å². The van der Waals surface area contributed by atoms with E-state index in [0.717, 1.165) is 66.0 Å². The van der Waals surface area contributed by atoms with Crippen molar-refractivity contribution in [2.75, 3.05) is 32.7 Å². The minimum Gasteiger partial charge on any atom is -0.336 e. The number of amides is 1. The van der Waals surface area contributed by atoms with E-state index in [1.165, 1.54) is 5.56 Å². The summed E-state index contributed by atoms with van der Waals surface area (Å²) in [6.07, 6.45) is 0. The fourth-order valence-electron chi connectivity index (χ4n) is 4.00. The number of carbonyl (C=O) groups is 1. The maximum Gasteiger partial charge on any atom is 0.254 e. The quantitative estimate of drug-likeness (QED) is 0.687. The Morgan fingerprint density at radius 1 is 0.964 bits per heavy atom. The maximum absolute atomic E-state index is 13.5. The minimum absolute atomic E-state index is 0.125. The summed E-state index contributed by atoms with van der Waals surface area (Å²) in [5, 5.41) is 0.943. The Labute approximate surface area is 166 Å². The lowest BCUT2D eigenvalue weighted by atomic mass is 9.96. The molecule has 2 heterocycles. The van der Waals surface area contributed by atoms with E-state index in [2.05, 4.69) is 43.0 Å². The predicted molar refractivity (Wildman–Crippen MR) is 115 cm³/mol. The lowest BCUT2D eigenvalue weighted by molar-refractivity contribution is 0.0644. The van der Waals surface area contributed by atoms with Crippen molar-refractivity contribution in [1.29, 1.82) is 0 Å². The molecule has 4 nitrogen and oxygen atoms in total. The number of piperazine rings is 1. The van der Waals surface area contributed by atoms with Gasteiger partial charge in [0.05, 0.1) is 16.8 Å². The number of aryl methyl sites for hydroxylation is 1. The molecular formula is C24H27N3O. The number of hydrogen-bond acceptors (Lipinski definition) is 3. The van der Waals surface area contributed by atoms with Gasteiger partial charge in [-0.1, -0.05) is 55.0 Å². The summed E-state index contributed by atoms with van der Waals surface area (Å²) >= 11 is 0. The molecule has 0 aliphatic carbocycles. The van der Waals surface area contributed by atoms with Crippen molar-refractivity contribution in [1.82, 2.24) is 14.8 Å². The topological polar surface area (TPSA) is 36.4 Å². The Morgan fingerprint density at radius 3 is 2.32 bits per heavy atom. The number of carbonyl (C=O) groups excluding carboxylic acids is 1. The first-order valence-electron chi connectivity index (χ1n) is 10.1. The Bertz CT molecular complexity index is 1000. The molecule has 0 N–H and O–H groups in total. The van der Waals surface area contributed by atoms with E-state index < -0.39 is 0 Å². The molecular weight excluding hydrogens is 346 g/mol. The average molecular weight is 374 g/mol. The van der Waals surface area contributed by atoms with Crippen molar-refractivity contribution >= 4 is 16.8 Å².